The van der Waals surface area contributed by atoms with Gasteiger partial charge in [-0.25, -0.2) is 9.48 Å². The maximum absolute atomic E-state index is 11.7. The van der Waals surface area contributed by atoms with Gasteiger partial charge in [0.15, 0.2) is 17.2 Å². The maximum atomic E-state index is 11.7. The summed E-state index contributed by atoms with van der Waals surface area (Å²) in [6.07, 6.45) is 1.30. The Labute approximate surface area is 133 Å². The highest BCUT2D eigenvalue weighted by molar-refractivity contribution is 5.90. The van der Waals surface area contributed by atoms with Crippen molar-refractivity contribution in [1.82, 2.24) is 9.78 Å². The normalized spacial score (nSPS) is 10.3. The van der Waals surface area contributed by atoms with E-state index in [0.717, 1.165) is 0 Å². The fourth-order valence-corrected chi connectivity index (χ4v) is 2.04. The van der Waals surface area contributed by atoms with Crippen molar-refractivity contribution in [2.45, 2.75) is 6.92 Å². The molecular weight excluding hydrogens is 304 g/mol. The molecule has 0 atom stereocenters. The average molecular weight is 322 g/mol. The average Bonchev–Trinajstić information content (AvgIpc) is 2.95. The molecule has 1 aromatic heterocycles. The van der Waals surface area contributed by atoms with Gasteiger partial charge in [-0.2, -0.15) is 5.10 Å². The Morgan fingerprint density at radius 1 is 1.17 bits per heavy atom. The number of carbonyl (C=O) groups is 1. The molecule has 1 heterocycles. The fraction of sp³-hybridized carbons (Fsp3) is 0.333. The van der Waals surface area contributed by atoms with E-state index in [9.17, 15) is 9.90 Å². The number of ether oxygens (including phenoxy) is 4. The monoisotopic (exact) mass is 322 g/mol. The molecule has 0 radical (unpaired) electrons. The predicted octanol–water partition coefficient (Wildman–Crippen LogP) is 1.78. The molecule has 1 aromatic carbocycles. The summed E-state index contributed by atoms with van der Waals surface area (Å²) in [5.74, 6) is 0.304. The quantitative estimate of drug-likeness (QED) is 0.810. The number of rotatable bonds is 6. The summed E-state index contributed by atoms with van der Waals surface area (Å²) < 4.78 is 21.9. The molecule has 0 spiro atoms. The molecule has 0 saturated heterocycles. The zero-order chi connectivity index (χ0) is 17.0. The number of nitrogens with zero attached hydrogens (tertiary/aromatic N) is 2. The summed E-state index contributed by atoms with van der Waals surface area (Å²) in [6.45, 7) is 1.86. The first kappa shape index (κ1) is 16.5. The van der Waals surface area contributed by atoms with Crippen LogP contribution in [0.5, 0.6) is 23.0 Å². The molecule has 2 rings (SSSR count). The predicted molar refractivity (Wildman–Crippen MR) is 80.8 cm³/mol. The van der Waals surface area contributed by atoms with Crippen LogP contribution in [-0.4, -0.2) is 48.8 Å². The van der Waals surface area contributed by atoms with E-state index in [1.54, 1.807) is 19.1 Å². The Balaban J connectivity index is 2.50. The Morgan fingerprint density at radius 3 is 2.26 bits per heavy atom. The number of methoxy groups -OCH3 is 3. The van der Waals surface area contributed by atoms with Gasteiger partial charge in [0.1, 0.15) is 0 Å². The minimum atomic E-state index is -0.698. The molecule has 0 unspecified atom stereocenters. The van der Waals surface area contributed by atoms with Gasteiger partial charge in [0, 0.05) is 12.1 Å². The Kier molecular flexibility index (Phi) is 4.95. The molecule has 8 nitrogen and oxygen atoms in total. The SMILES string of the molecule is CCOC(=O)c1nn(-c2cc(OC)c(OC)c(OC)c2)cc1O. The minimum absolute atomic E-state index is 0.166. The van der Waals surface area contributed by atoms with Gasteiger partial charge in [-0.1, -0.05) is 0 Å². The molecule has 0 aliphatic carbocycles. The smallest absolute Gasteiger partial charge is 0.362 e. The van der Waals surface area contributed by atoms with Crippen LogP contribution < -0.4 is 14.2 Å². The second kappa shape index (κ2) is 6.91. The fourth-order valence-electron chi connectivity index (χ4n) is 2.04. The Morgan fingerprint density at radius 2 is 1.78 bits per heavy atom. The molecule has 0 bridgehead atoms. The van der Waals surface area contributed by atoms with E-state index in [2.05, 4.69) is 5.10 Å². The van der Waals surface area contributed by atoms with E-state index < -0.39 is 5.97 Å². The summed E-state index contributed by atoms with van der Waals surface area (Å²) in [7, 11) is 4.48. The van der Waals surface area contributed by atoms with Crippen LogP contribution in [0.1, 0.15) is 17.4 Å². The van der Waals surface area contributed by atoms with E-state index in [0.29, 0.717) is 22.9 Å². The van der Waals surface area contributed by atoms with Crippen molar-refractivity contribution in [3.63, 3.8) is 0 Å². The van der Waals surface area contributed by atoms with Gasteiger partial charge in [-0.3, -0.25) is 0 Å². The van der Waals surface area contributed by atoms with Crippen molar-refractivity contribution in [2.24, 2.45) is 0 Å². The lowest BCUT2D eigenvalue weighted by Crippen LogP contribution is -2.07. The molecule has 0 aliphatic rings. The van der Waals surface area contributed by atoms with Crippen LogP contribution in [0.4, 0.5) is 0 Å². The maximum Gasteiger partial charge on any atom is 0.362 e. The molecule has 0 saturated carbocycles. The number of hydrogen-bond donors (Lipinski definition) is 1. The third-order valence-corrected chi connectivity index (χ3v) is 3.08. The van der Waals surface area contributed by atoms with Crippen LogP contribution in [-0.2, 0) is 4.74 Å². The summed E-state index contributed by atoms with van der Waals surface area (Å²) in [6, 6.07) is 3.28. The largest absolute Gasteiger partial charge is 0.504 e. The van der Waals surface area contributed by atoms with Crippen molar-refractivity contribution in [2.75, 3.05) is 27.9 Å². The first-order chi connectivity index (χ1) is 11.0. The van der Waals surface area contributed by atoms with E-state index in [-0.39, 0.29) is 18.1 Å². The van der Waals surface area contributed by atoms with E-state index in [4.69, 9.17) is 18.9 Å². The summed E-state index contributed by atoms with van der Waals surface area (Å²) >= 11 is 0. The standard InChI is InChI=1S/C15H18N2O6/c1-5-23-15(19)13-10(18)8-17(16-13)9-6-11(20-2)14(22-4)12(7-9)21-3/h6-8,18H,5H2,1-4H3. The van der Waals surface area contributed by atoms with Crippen molar-refractivity contribution in [1.29, 1.82) is 0 Å². The number of esters is 1. The third kappa shape index (κ3) is 3.15. The number of carbonyl (C=O) groups excluding carboxylic acids is 1. The van der Waals surface area contributed by atoms with Crippen molar-refractivity contribution in [3.8, 4) is 28.7 Å². The van der Waals surface area contributed by atoms with Crippen LogP contribution in [0, 0.1) is 0 Å². The molecule has 8 heteroatoms. The molecule has 2 aromatic rings. The lowest BCUT2D eigenvalue weighted by Gasteiger charge is -2.13. The lowest BCUT2D eigenvalue weighted by molar-refractivity contribution is 0.0515. The van der Waals surface area contributed by atoms with Gasteiger partial charge in [0.25, 0.3) is 0 Å². The van der Waals surface area contributed by atoms with Gasteiger partial charge >= 0.3 is 5.97 Å². The van der Waals surface area contributed by atoms with Crippen LogP contribution >= 0.6 is 0 Å². The first-order valence-corrected chi connectivity index (χ1v) is 6.81. The topological polar surface area (TPSA) is 92.0 Å². The highest BCUT2D eigenvalue weighted by Gasteiger charge is 2.20. The number of aromatic nitrogens is 2. The first-order valence-electron chi connectivity index (χ1n) is 6.81. The summed E-state index contributed by atoms with van der Waals surface area (Å²) in [5.41, 5.74) is 0.353. The van der Waals surface area contributed by atoms with E-state index >= 15 is 0 Å². The second-order valence-corrected chi connectivity index (χ2v) is 4.41. The van der Waals surface area contributed by atoms with Gasteiger partial charge in [-0.05, 0) is 6.92 Å². The van der Waals surface area contributed by atoms with Gasteiger partial charge < -0.3 is 24.1 Å². The highest BCUT2D eigenvalue weighted by atomic mass is 16.5. The Bertz CT molecular complexity index is 685. The van der Waals surface area contributed by atoms with Gasteiger partial charge in [-0.15, -0.1) is 0 Å². The van der Waals surface area contributed by atoms with Crippen LogP contribution in [0.15, 0.2) is 18.3 Å². The van der Waals surface area contributed by atoms with E-state index in [1.165, 1.54) is 32.2 Å². The zero-order valence-electron chi connectivity index (χ0n) is 13.3. The molecule has 23 heavy (non-hydrogen) atoms. The molecule has 0 fully saturated rings. The van der Waals surface area contributed by atoms with Crippen molar-refractivity contribution >= 4 is 5.97 Å². The zero-order valence-corrected chi connectivity index (χ0v) is 13.3. The summed E-state index contributed by atoms with van der Waals surface area (Å²) in [5, 5.41) is 13.9. The van der Waals surface area contributed by atoms with Crippen molar-refractivity contribution in [3.05, 3.63) is 24.0 Å². The van der Waals surface area contributed by atoms with E-state index in [1.807, 2.05) is 0 Å². The summed E-state index contributed by atoms with van der Waals surface area (Å²) in [4.78, 5) is 11.7. The van der Waals surface area contributed by atoms with Gasteiger partial charge in [0.05, 0.1) is 39.8 Å². The molecule has 0 amide bonds. The molecule has 0 aliphatic heterocycles. The van der Waals surface area contributed by atoms with Crippen LogP contribution in [0.25, 0.3) is 5.69 Å². The number of hydrogen-bond acceptors (Lipinski definition) is 7. The van der Waals surface area contributed by atoms with Gasteiger partial charge in [0.2, 0.25) is 11.4 Å². The van der Waals surface area contributed by atoms with Crippen LogP contribution in [0.3, 0.4) is 0 Å². The van der Waals surface area contributed by atoms with Crippen LogP contribution in [0.2, 0.25) is 0 Å². The lowest BCUT2D eigenvalue weighted by atomic mass is 10.2. The minimum Gasteiger partial charge on any atom is -0.504 e. The third-order valence-electron chi connectivity index (χ3n) is 3.08. The number of benzene rings is 1. The molecular formula is C15H18N2O6. The second-order valence-electron chi connectivity index (χ2n) is 4.41. The highest BCUT2D eigenvalue weighted by Crippen LogP contribution is 2.39. The molecule has 124 valence electrons. The Hall–Kier alpha value is -2.90. The number of aromatic hydroxyl groups is 1. The molecule has 1 N–H and O–H groups in total. The van der Waals surface area contributed by atoms with Crippen molar-refractivity contribution < 1.29 is 28.8 Å².